The van der Waals surface area contributed by atoms with Crippen molar-refractivity contribution in [3.05, 3.63) is 35.9 Å². The van der Waals surface area contributed by atoms with Crippen molar-refractivity contribution < 1.29 is 4.79 Å². The van der Waals surface area contributed by atoms with Crippen LogP contribution in [0.15, 0.2) is 30.3 Å². The number of hydrogen-bond acceptors (Lipinski definition) is 2. The van der Waals surface area contributed by atoms with Crippen molar-refractivity contribution in [1.29, 1.82) is 0 Å². The lowest BCUT2D eigenvalue weighted by Gasteiger charge is -2.39. The smallest absolute Gasteiger partial charge is 0.219 e. The highest BCUT2D eigenvalue weighted by Gasteiger charge is 2.24. The van der Waals surface area contributed by atoms with E-state index in [9.17, 15) is 4.79 Å². The Morgan fingerprint density at radius 2 is 1.84 bits per heavy atom. The van der Waals surface area contributed by atoms with Crippen LogP contribution in [0.3, 0.4) is 0 Å². The summed E-state index contributed by atoms with van der Waals surface area (Å²) in [5.74, 6) is 0.191. The molecule has 1 fully saturated rings. The van der Waals surface area contributed by atoms with Gasteiger partial charge in [-0.25, -0.2) is 0 Å². The average molecular weight is 262 g/mol. The molecule has 1 saturated heterocycles. The Morgan fingerprint density at radius 3 is 2.37 bits per heavy atom. The molecule has 1 amide bonds. The monoisotopic (exact) mass is 262 g/mol. The summed E-state index contributed by atoms with van der Waals surface area (Å²) < 4.78 is 0. The SMILES string of the molecule is CC.CC(=O)N1CCN(Cc2ccccc2)C(C)C1. The van der Waals surface area contributed by atoms with Crippen molar-refractivity contribution in [2.75, 3.05) is 19.6 Å². The largest absolute Gasteiger partial charge is 0.340 e. The lowest BCUT2D eigenvalue weighted by Crippen LogP contribution is -2.52. The van der Waals surface area contributed by atoms with Crippen LogP contribution in [0, 0.1) is 0 Å². The molecule has 1 heterocycles. The number of amides is 1. The predicted octanol–water partition coefficient (Wildman–Crippen LogP) is 2.77. The van der Waals surface area contributed by atoms with Gasteiger partial charge in [0.15, 0.2) is 0 Å². The second-order valence-corrected chi connectivity index (χ2v) is 4.77. The number of piperazine rings is 1. The van der Waals surface area contributed by atoms with Gasteiger partial charge in [-0.2, -0.15) is 0 Å². The molecule has 3 heteroatoms. The van der Waals surface area contributed by atoms with Gasteiger partial charge in [0.2, 0.25) is 5.91 Å². The topological polar surface area (TPSA) is 23.6 Å². The minimum Gasteiger partial charge on any atom is -0.340 e. The van der Waals surface area contributed by atoms with Crippen LogP contribution < -0.4 is 0 Å². The van der Waals surface area contributed by atoms with Crippen LogP contribution in [0.1, 0.15) is 33.3 Å². The molecular formula is C16H26N2O. The van der Waals surface area contributed by atoms with Gasteiger partial charge in [-0.05, 0) is 12.5 Å². The molecule has 1 aliphatic rings. The van der Waals surface area contributed by atoms with E-state index in [-0.39, 0.29) is 5.91 Å². The molecule has 1 aromatic carbocycles. The molecule has 3 nitrogen and oxygen atoms in total. The molecule has 1 atom stereocenters. The summed E-state index contributed by atoms with van der Waals surface area (Å²) in [6, 6.07) is 10.9. The van der Waals surface area contributed by atoms with Crippen molar-refractivity contribution in [2.45, 2.75) is 40.3 Å². The molecule has 1 aromatic rings. The summed E-state index contributed by atoms with van der Waals surface area (Å²) in [6.45, 7) is 11.5. The summed E-state index contributed by atoms with van der Waals surface area (Å²) in [5.41, 5.74) is 1.34. The molecule has 0 N–H and O–H groups in total. The summed E-state index contributed by atoms with van der Waals surface area (Å²) in [5, 5.41) is 0. The Labute approximate surface area is 117 Å². The Balaban J connectivity index is 0.000000861. The first-order valence-electron chi connectivity index (χ1n) is 7.20. The molecule has 1 unspecified atom stereocenters. The fourth-order valence-corrected chi connectivity index (χ4v) is 2.33. The lowest BCUT2D eigenvalue weighted by atomic mass is 10.1. The van der Waals surface area contributed by atoms with E-state index >= 15 is 0 Å². The van der Waals surface area contributed by atoms with Crippen molar-refractivity contribution in [3.8, 4) is 0 Å². The molecule has 106 valence electrons. The highest BCUT2D eigenvalue weighted by atomic mass is 16.2. The van der Waals surface area contributed by atoms with E-state index in [1.165, 1.54) is 5.56 Å². The standard InChI is InChI=1S/C14H20N2O.C2H6/c1-12-10-16(13(2)17)9-8-15(12)11-14-6-4-3-5-7-14;1-2/h3-7,12H,8-11H2,1-2H3;1-2H3. The summed E-state index contributed by atoms with van der Waals surface area (Å²) in [4.78, 5) is 15.7. The highest BCUT2D eigenvalue weighted by molar-refractivity contribution is 5.73. The van der Waals surface area contributed by atoms with Crippen molar-refractivity contribution in [3.63, 3.8) is 0 Å². The molecule has 0 aliphatic carbocycles. The first kappa shape index (κ1) is 15.7. The van der Waals surface area contributed by atoms with Gasteiger partial charge >= 0.3 is 0 Å². The zero-order valence-corrected chi connectivity index (χ0v) is 12.6. The number of hydrogen-bond donors (Lipinski definition) is 0. The van der Waals surface area contributed by atoms with Crippen molar-refractivity contribution in [2.24, 2.45) is 0 Å². The van der Waals surface area contributed by atoms with E-state index in [1.54, 1.807) is 6.92 Å². The second kappa shape index (κ2) is 7.95. The number of benzene rings is 1. The van der Waals surface area contributed by atoms with E-state index in [0.29, 0.717) is 6.04 Å². The third-order valence-electron chi connectivity index (χ3n) is 3.44. The summed E-state index contributed by atoms with van der Waals surface area (Å²) in [6.07, 6.45) is 0. The van der Waals surface area contributed by atoms with Crippen LogP contribution in [-0.4, -0.2) is 41.4 Å². The Kier molecular flexibility index (Phi) is 6.57. The first-order chi connectivity index (χ1) is 9.16. The van der Waals surface area contributed by atoms with Crippen molar-refractivity contribution >= 4 is 5.91 Å². The molecule has 0 bridgehead atoms. The maximum absolute atomic E-state index is 11.3. The highest BCUT2D eigenvalue weighted by Crippen LogP contribution is 2.13. The quantitative estimate of drug-likeness (QED) is 0.818. The van der Waals surface area contributed by atoms with E-state index in [0.717, 1.165) is 26.2 Å². The van der Waals surface area contributed by atoms with Gasteiger partial charge in [0.25, 0.3) is 0 Å². The van der Waals surface area contributed by atoms with Gasteiger partial charge in [0.1, 0.15) is 0 Å². The van der Waals surface area contributed by atoms with Gasteiger partial charge in [0.05, 0.1) is 0 Å². The van der Waals surface area contributed by atoms with E-state index in [1.807, 2.05) is 24.8 Å². The maximum Gasteiger partial charge on any atom is 0.219 e. The third kappa shape index (κ3) is 4.67. The van der Waals surface area contributed by atoms with Crippen molar-refractivity contribution in [1.82, 2.24) is 9.80 Å². The zero-order chi connectivity index (χ0) is 14.3. The minimum atomic E-state index is 0.191. The van der Waals surface area contributed by atoms with Gasteiger partial charge in [-0.3, -0.25) is 9.69 Å². The van der Waals surface area contributed by atoms with E-state index in [2.05, 4.69) is 36.1 Å². The average Bonchev–Trinajstić information content (AvgIpc) is 2.44. The minimum absolute atomic E-state index is 0.191. The number of carbonyl (C=O) groups excluding carboxylic acids is 1. The first-order valence-corrected chi connectivity index (χ1v) is 7.20. The number of rotatable bonds is 2. The molecular weight excluding hydrogens is 236 g/mol. The van der Waals surface area contributed by atoms with Crippen LogP contribution in [0.5, 0.6) is 0 Å². The Morgan fingerprint density at radius 1 is 1.21 bits per heavy atom. The van der Waals surface area contributed by atoms with Gasteiger partial charge in [-0.15, -0.1) is 0 Å². The maximum atomic E-state index is 11.3. The number of nitrogens with zero attached hydrogens (tertiary/aromatic N) is 2. The molecule has 0 aromatic heterocycles. The number of carbonyl (C=O) groups is 1. The fourth-order valence-electron chi connectivity index (χ4n) is 2.33. The third-order valence-corrected chi connectivity index (χ3v) is 3.44. The lowest BCUT2D eigenvalue weighted by molar-refractivity contribution is -0.131. The van der Waals surface area contributed by atoms with Crippen LogP contribution in [0.25, 0.3) is 0 Å². The molecule has 19 heavy (non-hydrogen) atoms. The molecule has 1 aliphatic heterocycles. The van der Waals surface area contributed by atoms with E-state index < -0.39 is 0 Å². The van der Waals surface area contributed by atoms with Crippen LogP contribution in [0.4, 0.5) is 0 Å². The van der Waals surface area contributed by atoms with Crippen LogP contribution in [0.2, 0.25) is 0 Å². The van der Waals surface area contributed by atoms with Gasteiger partial charge < -0.3 is 4.90 Å². The molecule has 2 rings (SSSR count). The molecule has 0 saturated carbocycles. The fraction of sp³-hybridized carbons (Fsp3) is 0.562. The van der Waals surface area contributed by atoms with Gasteiger partial charge in [-0.1, -0.05) is 44.2 Å². The van der Waals surface area contributed by atoms with Crippen LogP contribution >= 0.6 is 0 Å². The Hall–Kier alpha value is -1.35. The summed E-state index contributed by atoms with van der Waals surface area (Å²) >= 11 is 0. The Bertz CT molecular complexity index is 378. The predicted molar refractivity (Wildman–Crippen MR) is 79.9 cm³/mol. The normalized spacial score (nSPS) is 19.6. The molecule has 0 radical (unpaired) electrons. The summed E-state index contributed by atoms with van der Waals surface area (Å²) in [7, 11) is 0. The zero-order valence-electron chi connectivity index (χ0n) is 12.6. The molecule has 0 spiro atoms. The van der Waals surface area contributed by atoms with E-state index in [4.69, 9.17) is 0 Å². The van der Waals surface area contributed by atoms with Crippen LogP contribution in [-0.2, 0) is 11.3 Å². The van der Waals surface area contributed by atoms with Gasteiger partial charge in [0, 0.05) is 39.1 Å². The second-order valence-electron chi connectivity index (χ2n) is 4.77.